The zero-order valence-electron chi connectivity index (χ0n) is 15.9. The fraction of sp³-hybridized carbons (Fsp3) is 0.235. The van der Waals surface area contributed by atoms with Gasteiger partial charge >= 0.3 is 5.97 Å². The first-order chi connectivity index (χ1) is 14.1. The largest absolute Gasteiger partial charge is 0.495 e. The third kappa shape index (κ3) is 4.81. The number of non-ortho nitro benzene ring substituents is 2. The van der Waals surface area contributed by atoms with Crippen molar-refractivity contribution in [3.05, 3.63) is 62.7 Å². The molecule has 0 bridgehead atoms. The van der Waals surface area contributed by atoms with Gasteiger partial charge in [0.15, 0.2) is 0 Å². The van der Waals surface area contributed by atoms with Crippen LogP contribution in [0.15, 0.2) is 47.4 Å². The molecule has 0 aliphatic rings. The molecule has 0 amide bonds. The number of sulfonamides is 1. The predicted molar refractivity (Wildman–Crippen MR) is 104 cm³/mol. The Labute approximate surface area is 171 Å². The number of benzene rings is 2. The van der Waals surface area contributed by atoms with Crippen molar-refractivity contribution in [2.45, 2.75) is 11.8 Å². The van der Waals surface area contributed by atoms with Gasteiger partial charge in [0, 0.05) is 24.3 Å². The van der Waals surface area contributed by atoms with E-state index in [1.54, 1.807) is 0 Å². The van der Waals surface area contributed by atoms with Crippen LogP contribution < -0.4 is 9.04 Å². The van der Waals surface area contributed by atoms with E-state index < -0.39 is 38.1 Å². The Bertz CT molecular complexity index is 1070. The van der Waals surface area contributed by atoms with E-state index in [0.717, 1.165) is 36.4 Å². The maximum atomic E-state index is 13.2. The summed E-state index contributed by atoms with van der Waals surface area (Å²) in [5.41, 5.74) is -1.03. The van der Waals surface area contributed by atoms with Crippen molar-refractivity contribution in [1.82, 2.24) is 0 Å². The van der Waals surface area contributed by atoms with E-state index in [-0.39, 0.29) is 28.6 Å². The molecule has 0 aromatic heterocycles. The maximum absolute atomic E-state index is 13.2. The number of ether oxygens (including phenoxy) is 2. The minimum absolute atomic E-state index is 0.0175. The lowest BCUT2D eigenvalue weighted by Crippen LogP contribution is -2.37. The second-order valence-corrected chi connectivity index (χ2v) is 7.54. The fourth-order valence-corrected chi connectivity index (χ4v) is 3.89. The molecule has 13 heteroatoms. The molecule has 0 aliphatic carbocycles. The van der Waals surface area contributed by atoms with Crippen molar-refractivity contribution >= 4 is 33.1 Å². The topological polar surface area (TPSA) is 159 Å². The van der Waals surface area contributed by atoms with Crippen LogP contribution in [-0.2, 0) is 19.6 Å². The number of nitrogens with zero attached hydrogens (tertiary/aromatic N) is 3. The first kappa shape index (κ1) is 22.5. The van der Waals surface area contributed by atoms with Crippen LogP contribution in [-0.4, -0.2) is 44.5 Å². The minimum atomic E-state index is -4.48. The third-order valence-corrected chi connectivity index (χ3v) is 5.63. The number of nitro groups is 2. The SMILES string of the molecule is CCOC(=O)CN(c1cc([N+](=O)[O-])ccc1OC)S(=O)(=O)c1ccc([N+](=O)[O-])cc1. The van der Waals surface area contributed by atoms with Crippen LogP contribution in [0, 0.1) is 20.2 Å². The summed E-state index contributed by atoms with van der Waals surface area (Å²) in [7, 11) is -3.25. The van der Waals surface area contributed by atoms with Crippen molar-refractivity contribution in [1.29, 1.82) is 0 Å². The van der Waals surface area contributed by atoms with Gasteiger partial charge in [-0.3, -0.25) is 29.3 Å². The first-order valence-corrected chi connectivity index (χ1v) is 9.81. The number of esters is 1. The molecule has 0 saturated heterocycles. The molecule has 0 saturated carbocycles. The highest BCUT2D eigenvalue weighted by Gasteiger charge is 2.31. The summed E-state index contributed by atoms with van der Waals surface area (Å²) in [6.07, 6.45) is 0. The van der Waals surface area contributed by atoms with Crippen molar-refractivity contribution < 1.29 is 32.5 Å². The average Bonchev–Trinajstić information content (AvgIpc) is 2.71. The second kappa shape index (κ2) is 9.17. The van der Waals surface area contributed by atoms with Crippen LogP contribution in [0.3, 0.4) is 0 Å². The molecule has 0 unspecified atom stereocenters. The zero-order chi connectivity index (χ0) is 22.5. The van der Waals surface area contributed by atoms with Gasteiger partial charge in [-0.05, 0) is 25.1 Å². The summed E-state index contributed by atoms with van der Waals surface area (Å²) >= 11 is 0. The van der Waals surface area contributed by atoms with Crippen LogP contribution in [0.25, 0.3) is 0 Å². The number of nitro benzene ring substituents is 2. The molecule has 0 N–H and O–H groups in total. The van der Waals surface area contributed by atoms with E-state index in [0.29, 0.717) is 4.31 Å². The summed E-state index contributed by atoms with van der Waals surface area (Å²) < 4.78 is 37.0. The van der Waals surface area contributed by atoms with Crippen LogP contribution in [0.2, 0.25) is 0 Å². The maximum Gasteiger partial charge on any atom is 0.326 e. The molecule has 0 spiro atoms. The fourth-order valence-electron chi connectivity index (χ4n) is 2.48. The van der Waals surface area contributed by atoms with Crippen molar-refractivity contribution in [2.24, 2.45) is 0 Å². The Morgan fingerprint density at radius 1 is 1.03 bits per heavy atom. The van der Waals surface area contributed by atoms with E-state index in [2.05, 4.69) is 0 Å². The quantitative estimate of drug-likeness (QED) is 0.324. The Hall–Kier alpha value is -3.74. The first-order valence-electron chi connectivity index (χ1n) is 8.37. The van der Waals surface area contributed by atoms with Crippen molar-refractivity contribution in [3.8, 4) is 5.75 Å². The van der Waals surface area contributed by atoms with Crippen LogP contribution in [0.5, 0.6) is 5.75 Å². The predicted octanol–water partition coefficient (Wildman–Crippen LogP) is 2.27. The van der Waals surface area contributed by atoms with Gasteiger partial charge in [-0.1, -0.05) is 0 Å². The lowest BCUT2D eigenvalue weighted by molar-refractivity contribution is -0.385. The van der Waals surface area contributed by atoms with E-state index >= 15 is 0 Å². The lowest BCUT2D eigenvalue weighted by Gasteiger charge is -2.25. The molecule has 2 aromatic rings. The summed E-state index contributed by atoms with van der Waals surface area (Å²) in [5.74, 6) is -0.952. The molecule has 0 heterocycles. The van der Waals surface area contributed by atoms with Gasteiger partial charge < -0.3 is 9.47 Å². The summed E-state index contributed by atoms with van der Waals surface area (Å²) in [5, 5.41) is 22.0. The Morgan fingerprint density at radius 2 is 1.60 bits per heavy atom. The molecular formula is C17H17N3O9S. The number of carbonyl (C=O) groups excluding carboxylic acids is 1. The zero-order valence-corrected chi connectivity index (χ0v) is 16.7. The van der Waals surface area contributed by atoms with Gasteiger partial charge in [0.05, 0.1) is 28.5 Å². The third-order valence-electron chi connectivity index (χ3n) is 3.86. The monoisotopic (exact) mass is 439 g/mol. The van der Waals surface area contributed by atoms with Gasteiger partial charge in [0.25, 0.3) is 21.4 Å². The van der Waals surface area contributed by atoms with Gasteiger partial charge in [0.2, 0.25) is 0 Å². The molecule has 12 nitrogen and oxygen atoms in total. The minimum Gasteiger partial charge on any atom is -0.495 e. The Balaban J connectivity index is 2.65. The molecule has 30 heavy (non-hydrogen) atoms. The smallest absolute Gasteiger partial charge is 0.326 e. The number of rotatable bonds is 9. The van der Waals surface area contributed by atoms with E-state index in [4.69, 9.17) is 9.47 Å². The van der Waals surface area contributed by atoms with Crippen LogP contribution in [0.4, 0.5) is 17.1 Å². The van der Waals surface area contributed by atoms with Crippen molar-refractivity contribution in [2.75, 3.05) is 24.6 Å². The molecule has 160 valence electrons. The number of hydrogen-bond acceptors (Lipinski definition) is 9. The summed E-state index contributed by atoms with van der Waals surface area (Å²) in [4.78, 5) is 32.3. The normalized spacial score (nSPS) is 10.9. The number of anilines is 1. The van der Waals surface area contributed by atoms with Crippen LogP contribution >= 0.6 is 0 Å². The van der Waals surface area contributed by atoms with Crippen LogP contribution in [0.1, 0.15) is 6.92 Å². The molecule has 0 fully saturated rings. The highest BCUT2D eigenvalue weighted by Crippen LogP contribution is 2.35. The summed E-state index contributed by atoms with van der Waals surface area (Å²) in [6.45, 7) is 0.710. The van der Waals surface area contributed by atoms with Gasteiger partial charge in [-0.25, -0.2) is 8.42 Å². The van der Waals surface area contributed by atoms with E-state index in [9.17, 15) is 33.4 Å². The second-order valence-electron chi connectivity index (χ2n) is 5.68. The lowest BCUT2D eigenvalue weighted by atomic mass is 10.2. The Morgan fingerprint density at radius 3 is 2.10 bits per heavy atom. The van der Waals surface area contributed by atoms with Gasteiger partial charge in [-0.15, -0.1) is 0 Å². The Kier molecular flexibility index (Phi) is 6.89. The van der Waals surface area contributed by atoms with Gasteiger partial charge in [-0.2, -0.15) is 0 Å². The number of carbonyl (C=O) groups is 1. The summed E-state index contributed by atoms with van der Waals surface area (Å²) in [6, 6.07) is 7.21. The molecule has 2 aromatic carbocycles. The van der Waals surface area contributed by atoms with E-state index in [1.165, 1.54) is 20.1 Å². The van der Waals surface area contributed by atoms with E-state index in [1.807, 2.05) is 0 Å². The van der Waals surface area contributed by atoms with Gasteiger partial charge in [0.1, 0.15) is 18.0 Å². The molecule has 0 atom stereocenters. The number of methoxy groups -OCH3 is 1. The molecule has 0 aliphatic heterocycles. The standard InChI is InChI=1S/C17H17N3O9S/c1-3-29-17(21)11-18(15-10-13(20(24)25)6-9-16(15)28-2)30(26,27)14-7-4-12(5-8-14)19(22)23/h4-10H,3,11H2,1-2H3. The highest BCUT2D eigenvalue weighted by molar-refractivity contribution is 7.92. The molecule has 0 radical (unpaired) electrons. The molecular weight excluding hydrogens is 422 g/mol. The average molecular weight is 439 g/mol. The van der Waals surface area contributed by atoms with Crippen molar-refractivity contribution in [3.63, 3.8) is 0 Å². The molecule has 2 rings (SSSR count). The number of hydrogen-bond donors (Lipinski definition) is 0. The highest BCUT2D eigenvalue weighted by atomic mass is 32.2.